The summed E-state index contributed by atoms with van der Waals surface area (Å²) in [5, 5.41) is 5.37. The minimum absolute atomic E-state index is 0.0904. The van der Waals surface area contributed by atoms with Crippen LogP contribution in [-0.4, -0.2) is 17.1 Å². The highest BCUT2D eigenvalue weighted by Gasteiger charge is 2.15. The maximum Gasteiger partial charge on any atom is 0.291 e. The van der Waals surface area contributed by atoms with Gasteiger partial charge in [0.05, 0.1) is 11.5 Å². The topological polar surface area (TPSA) is 71.3 Å². The number of hydrogen-bond donors (Lipinski definition) is 2. The third-order valence-electron chi connectivity index (χ3n) is 3.63. The van der Waals surface area contributed by atoms with E-state index < -0.39 is 0 Å². The van der Waals surface area contributed by atoms with E-state index >= 15 is 0 Å². The Morgan fingerprint density at radius 2 is 1.78 bits per heavy atom. The number of carbonyl (C=O) groups is 2. The molecule has 0 spiro atoms. The average Bonchev–Trinajstić information content (AvgIpc) is 3.19. The summed E-state index contributed by atoms with van der Waals surface area (Å²) in [4.78, 5) is 25.3. The molecule has 2 amide bonds. The summed E-state index contributed by atoms with van der Waals surface area (Å²) in [6.07, 6.45) is 1.45. The molecule has 2 aromatic carbocycles. The van der Waals surface area contributed by atoms with E-state index in [1.54, 1.807) is 18.2 Å². The van der Waals surface area contributed by atoms with Crippen LogP contribution < -0.4 is 10.6 Å². The van der Waals surface area contributed by atoms with Crippen LogP contribution in [0.5, 0.6) is 0 Å². The van der Waals surface area contributed by atoms with Gasteiger partial charge in [-0.15, -0.1) is 11.8 Å². The molecule has 0 saturated carbocycles. The van der Waals surface area contributed by atoms with Gasteiger partial charge < -0.3 is 15.1 Å². The summed E-state index contributed by atoms with van der Waals surface area (Å²) in [6, 6.07) is 18.0. The van der Waals surface area contributed by atoms with Crippen LogP contribution in [0.3, 0.4) is 0 Å². The van der Waals surface area contributed by atoms with Crippen LogP contribution in [0.1, 0.15) is 17.5 Å². The van der Waals surface area contributed by atoms with Gasteiger partial charge in [0.25, 0.3) is 5.91 Å². The molecule has 27 heavy (non-hydrogen) atoms. The normalized spacial score (nSPS) is 11.6. The van der Waals surface area contributed by atoms with Gasteiger partial charge in [0, 0.05) is 20.7 Å². The maximum atomic E-state index is 12.4. The SMILES string of the molecule is CC(Sc1cccc(NC(=O)c2ccco2)c1)C(=O)Nc1ccc(Br)cc1. The number of amides is 2. The zero-order valence-electron chi connectivity index (χ0n) is 14.4. The van der Waals surface area contributed by atoms with Gasteiger partial charge in [-0.1, -0.05) is 22.0 Å². The van der Waals surface area contributed by atoms with Crippen LogP contribution in [0.15, 0.2) is 80.7 Å². The fraction of sp³-hybridized carbons (Fsp3) is 0.100. The Hall–Kier alpha value is -2.51. The van der Waals surface area contributed by atoms with Crippen molar-refractivity contribution in [1.82, 2.24) is 0 Å². The molecule has 0 aliphatic carbocycles. The first-order chi connectivity index (χ1) is 13.0. The van der Waals surface area contributed by atoms with Gasteiger partial charge in [0.2, 0.25) is 5.91 Å². The second-order valence-corrected chi connectivity index (χ2v) is 8.05. The molecule has 0 saturated heterocycles. The number of furan rings is 1. The third-order valence-corrected chi connectivity index (χ3v) is 5.25. The second kappa shape index (κ2) is 8.92. The molecule has 0 bridgehead atoms. The lowest BCUT2D eigenvalue weighted by molar-refractivity contribution is -0.115. The molecule has 2 N–H and O–H groups in total. The number of carbonyl (C=O) groups excluding carboxylic acids is 2. The summed E-state index contributed by atoms with van der Waals surface area (Å²) in [6.45, 7) is 1.84. The van der Waals surface area contributed by atoms with Crippen LogP contribution >= 0.6 is 27.7 Å². The highest BCUT2D eigenvalue weighted by atomic mass is 79.9. The van der Waals surface area contributed by atoms with Gasteiger partial charge in [-0.2, -0.15) is 0 Å². The van der Waals surface area contributed by atoms with E-state index in [4.69, 9.17) is 4.42 Å². The van der Waals surface area contributed by atoms with Crippen molar-refractivity contribution < 1.29 is 14.0 Å². The van der Waals surface area contributed by atoms with E-state index in [1.165, 1.54) is 18.0 Å². The van der Waals surface area contributed by atoms with E-state index in [0.29, 0.717) is 5.69 Å². The largest absolute Gasteiger partial charge is 0.459 e. The van der Waals surface area contributed by atoms with Crippen molar-refractivity contribution in [3.8, 4) is 0 Å². The predicted molar refractivity (Wildman–Crippen MR) is 111 cm³/mol. The summed E-state index contributed by atoms with van der Waals surface area (Å²) < 4.78 is 6.04. The number of hydrogen-bond acceptors (Lipinski definition) is 4. The summed E-state index contributed by atoms with van der Waals surface area (Å²) >= 11 is 4.79. The standard InChI is InChI=1S/C20H17BrN2O3S/c1-13(19(24)22-15-9-7-14(21)8-10-15)27-17-5-2-4-16(12-17)23-20(25)18-6-3-11-26-18/h2-13H,1H3,(H,22,24)(H,23,25). The quantitative estimate of drug-likeness (QED) is 0.498. The Morgan fingerprint density at radius 3 is 2.48 bits per heavy atom. The Bertz CT molecular complexity index is 927. The van der Waals surface area contributed by atoms with Crippen molar-refractivity contribution in [3.63, 3.8) is 0 Å². The van der Waals surface area contributed by atoms with E-state index in [1.807, 2.05) is 49.4 Å². The fourth-order valence-electron chi connectivity index (χ4n) is 2.28. The lowest BCUT2D eigenvalue weighted by Crippen LogP contribution is -2.22. The van der Waals surface area contributed by atoms with Crippen molar-refractivity contribution in [1.29, 1.82) is 0 Å². The van der Waals surface area contributed by atoms with Gasteiger partial charge >= 0.3 is 0 Å². The maximum absolute atomic E-state index is 12.4. The molecule has 1 aromatic heterocycles. The number of benzene rings is 2. The van der Waals surface area contributed by atoms with E-state index in [0.717, 1.165) is 15.1 Å². The summed E-state index contributed by atoms with van der Waals surface area (Å²) in [5.74, 6) is -0.161. The molecule has 7 heteroatoms. The Kier molecular flexibility index (Phi) is 6.36. The van der Waals surface area contributed by atoms with E-state index in [2.05, 4.69) is 26.6 Å². The predicted octanol–water partition coefficient (Wildman–Crippen LogP) is 5.41. The summed E-state index contributed by atoms with van der Waals surface area (Å²) in [5.41, 5.74) is 1.39. The molecule has 3 rings (SSSR count). The lowest BCUT2D eigenvalue weighted by atomic mass is 10.3. The third kappa shape index (κ3) is 5.48. The molecule has 1 atom stereocenters. The van der Waals surface area contributed by atoms with E-state index in [9.17, 15) is 9.59 Å². The molecular weight excluding hydrogens is 428 g/mol. The molecule has 138 valence electrons. The van der Waals surface area contributed by atoms with Crippen molar-refractivity contribution in [3.05, 3.63) is 77.2 Å². The Labute approximate surface area is 169 Å². The number of thioether (sulfide) groups is 1. The van der Waals surface area contributed by atoms with Crippen molar-refractivity contribution in [2.45, 2.75) is 17.1 Å². The van der Waals surface area contributed by atoms with Crippen LogP contribution in [0.2, 0.25) is 0 Å². The second-order valence-electron chi connectivity index (χ2n) is 5.72. The van der Waals surface area contributed by atoms with Crippen molar-refractivity contribution >= 4 is 50.9 Å². The molecule has 1 heterocycles. The van der Waals surface area contributed by atoms with Crippen LogP contribution in [0, 0.1) is 0 Å². The molecule has 0 radical (unpaired) electrons. The van der Waals surface area contributed by atoms with Crippen molar-refractivity contribution in [2.75, 3.05) is 10.6 Å². The molecule has 0 fully saturated rings. The first-order valence-corrected chi connectivity index (χ1v) is 9.86. The van der Waals surface area contributed by atoms with Crippen LogP contribution in [-0.2, 0) is 4.79 Å². The molecule has 0 aliphatic heterocycles. The zero-order valence-corrected chi connectivity index (χ0v) is 16.8. The minimum atomic E-state index is -0.317. The van der Waals surface area contributed by atoms with Gasteiger partial charge in [0.15, 0.2) is 5.76 Å². The minimum Gasteiger partial charge on any atom is -0.459 e. The molecular formula is C20H17BrN2O3S. The number of rotatable bonds is 6. The molecule has 3 aromatic rings. The highest BCUT2D eigenvalue weighted by Crippen LogP contribution is 2.27. The lowest BCUT2D eigenvalue weighted by Gasteiger charge is -2.13. The first-order valence-electron chi connectivity index (χ1n) is 8.19. The van der Waals surface area contributed by atoms with Crippen molar-refractivity contribution in [2.24, 2.45) is 0 Å². The number of halogens is 1. The van der Waals surface area contributed by atoms with Gasteiger partial charge in [-0.3, -0.25) is 9.59 Å². The van der Waals surface area contributed by atoms with Crippen LogP contribution in [0.4, 0.5) is 11.4 Å². The average molecular weight is 445 g/mol. The number of nitrogens with one attached hydrogen (secondary N) is 2. The van der Waals surface area contributed by atoms with Gasteiger partial charge in [-0.25, -0.2) is 0 Å². The fourth-order valence-corrected chi connectivity index (χ4v) is 3.47. The smallest absolute Gasteiger partial charge is 0.291 e. The zero-order chi connectivity index (χ0) is 19.2. The molecule has 0 aliphatic rings. The molecule has 5 nitrogen and oxygen atoms in total. The van der Waals surface area contributed by atoms with E-state index in [-0.39, 0.29) is 22.8 Å². The summed E-state index contributed by atoms with van der Waals surface area (Å²) in [7, 11) is 0. The van der Waals surface area contributed by atoms with Gasteiger partial charge in [0.1, 0.15) is 0 Å². The Balaban J connectivity index is 1.60. The van der Waals surface area contributed by atoms with Gasteiger partial charge in [-0.05, 0) is 61.5 Å². The molecule has 1 unspecified atom stereocenters. The number of anilines is 2. The van der Waals surface area contributed by atoms with Crippen LogP contribution in [0.25, 0.3) is 0 Å². The first kappa shape index (κ1) is 19.3. The highest BCUT2D eigenvalue weighted by molar-refractivity contribution is 9.10. The Morgan fingerprint density at radius 1 is 1.00 bits per heavy atom. The monoisotopic (exact) mass is 444 g/mol.